The minimum Gasteiger partial charge on any atom is -0.299 e. The first kappa shape index (κ1) is 15.1. The van der Waals surface area contributed by atoms with Gasteiger partial charge in [-0.3, -0.25) is 9.59 Å². The van der Waals surface area contributed by atoms with Crippen molar-refractivity contribution in [2.45, 2.75) is 64.7 Å². The van der Waals surface area contributed by atoms with Crippen LogP contribution in [-0.2, 0) is 9.59 Å². The van der Waals surface area contributed by atoms with Crippen molar-refractivity contribution >= 4 is 12.1 Å². The van der Waals surface area contributed by atoms with Crippen LogP contribution in [0.15, 0.2) is 12.2 Å². The molecule has 0 aliphatic heterocycles. The minimum absolute atomic E-state index is 0.0260. The highest BCUT2D eigenvalue weighted by molar-refractivity contribution is 5.89. The predicted octanol–water partition coefficient (Wildman–Crippen LogP) is 3.75. The normalized spacial score (nSPS) is 10.8. The van der Waals surface area contributed by atoms with Gasteiger partial charge in [0.2, 0.25) is 6.29 Å². The zero-order chi connectivity index (χ0) is 12.1. The van der Waals surface area contributed by atoms with Crippen LogP contribution in [0.2, 0.25) is 0 Å². The van der Waals surface area contributed by atoms with Gasteiger partial charge in [-0.2, -0.15) is 0 Å². The second-order valence-corrected chi connectivity index (χ2v) is 4.05. The third-order valence-corrected chi connectivity index (χ3v) is 2.50. The van der Waals surface area contributed by atoms with Crippen molar-refractivity contribution in [3.8, 4) is 0 Å². The molecule has 0 amide bonds. The maximum atomic E-state index is 11.0. The first-order valence-corrected chi connectivity index (χ1v) is 6.33. The highest BCUT2D eigenvalue weighted by Gasteiger charge is 2.00. The molecule has 0 aliphatic carbocycles. The van der Waals surface area contributed by atoms with E-state index in [1.54, 1.807) is 6.29 Å². The predicted molar refractivity (Wildman–Crippen MR) is 67.1 cm³/mol. The van der Waals surface area contributed by atoms with E-state index in [2.05, 4.69) is 19.1 Å². The Hall–Kier alpha value is -0.920. The van der Waals surface area contributed by atoms with Crippen molar-refractivity contribution in [3.63, 3.8) is 0 Å². The fourth-order valence-electron chi connectivity index (χ4n) is 1.57. The monoisotopic (exact) mass is 223 g/mol. The molecule has 0 saturated heterocycles. The summed E-state index contributed by atoms with van der Waals surface area (Å²) in [5.41, 5.74) is 0. The van der Waals surface area contributed by atoms with E-state index in [1.807, 2.05) is 0 Å². The van der Waals surface area contributed by atoms with Crippen LogP contribution in [0.5, 0.6) is 0 Å². The fourth-order valence-corrected chi connectivity index (χ4v) is 1.57. The molecule has 0 heterocycles. The lowest BCUT2D eigenvalue weighted by Gasteiger charge is -1.99. The Morgan fingerprint density at radius 2 is 1.75 bits per heavy atom. The summed E-state index contributed by atoms with van der Waals surface area (Å²) in [5.74, 6) is 0.0286. The number of rotatable bonds is 11. The molecule has 2 nitrogen and oxygen atoms in total. The molecule has 0 N–H and O–H groups in total. The zero-order valence-corrected chi connectivity index (χ0v) is 10.3. The number of allylic oxidation sites excluding steroid dienone is 2. The third kappa shape index (κ3) is 11.2. The average molecular weight is 223 g/mol. The van der Waals surface area contributed by atoms with Gasteiger partial charge in [0, 0.05) is 6.42 Å². The van der Waals surface area contributed by atoms with Gasteiger partial charge in [0.25, 0.3) is 0 Å². The van der Waals surface area contributed by atoms with E-state index in [-0.39, 0.29) is 12.2 Å². The topological polar surface area (TPSA) is 34.1 Å². The number of carbonyl (C=O) groups is 1. The van der Waals surface area contributed by atoms with E-state index in [0.717, 1.165) is 19.3 Å². The molecule has 2 heteroatoms. The van der Waals surface area contributed by atoms with Crippen LogP contribution in [0.4, 0.5) is 0 Å². The summed E-state index contributed by atoms with van der Waals surface area (Å²) >= 11 is 0. The number of unbranched alkanes of at least 4 members (excludes halogenated alkanes) is 5. The van der Waals surface area contributed by atoms with Crippen LogP contribution in [0.3, 0.4) is 0 Å². The summed E-state index contributed by atoms with van der Waals surface area (Å²) in [7, 11) is 0. The molecule has 0 atom stereocenters. The fraction of sp³-hybridized carbons (Fsp3) is 0.714. The van der Waals surface area contributed by atoms with Crippen molar-refractivity contribution in [3.05, 3.63) is 12.2 Å². The van der Waals surface area contributed by atoms with Gasteiger partial charge in [0.1, 0.15) is 5.78 Å². The summed E-state index contributed by atoms with van der Waals surface area (Å²) < 4.78 is 0. The number of hydrogen-bond acceptors (Lipinski definition) is 2. The molecule has 91 valence electrons. The summed E-state index contributed by atoms with van der Waals surface area (Å²) in [6, 6.07) is 0. The molecule has 0 spiro atoms. The number of hydrogen-bond donors (Lipinski definition) is 0. The number of Topliss-reactive ketones (excluding diaryl/α,β-unsaturated/α-hetero) is 1. The van der Waals surface area contributed by atoms with E-state index in [4.69, 9.17) is 0 Å². The molecule has 0 bridgehead atoms. The van der Waals surface area contributed by atoms with Gasteiger partial charge in [-0.1, -0.05) is 38.3 Å². The lowest BCUT2D eigenvalue weighted by Crippen LogP contribution is -1.97. The lowest BCUT2D eigenvalue weighted by molar-refractivity contribution is -0.118. The molecular formula is C14H23O2. The summed E-state index contributed by atoms with van der Waals surface area (Å²) in [6.45, 7) is 2.14. The molecule has 16 heavy (non-hydrogen) atoms. The summed E-state index contributed by atoms with van der Waals surface area (Å²) in [5, 5.41) is 0. The quantitative estimate of drug-likeness (QED) is 0.304. The van der Waals surface area contributed by atoms with Crippen LogP contribution in [-0.4, -0.2) is 12.1 Å². The summed E-state index contributed by atoms with van der Waals surface area (Å²) in [4.78, 5) is 20.9. The van der Waals surface area contributed by atoms with Gasteiger partial charge < -0.3 is 0 Å². The second-order valence-electron chi connectivity index (χ2n) is 4.05. The van der Waals surface area contributed by atoms with Gasteiger partial charge in [-0.15, -0.1) is 0 Å². The van der Waals surface area contributed by atoms with Crippen LogP contribution in [0.25, 0.3) is 0 Å². The molecule has 0 aromatic carbocycles. The Morgan fingerprint density at radius 1 is 1.06 bits per heavy atom. The maximum Gasteiger partial charge on any atom is 0.206 e. The largest absolute Gasteiger partial charge is 0.299 e. The van der Waals surface area contributed by atoms with E-state index in [9.17, 15) is 9.59 Å². The van der Waals surface area contributed by atoms with Crippen molar-refractivity contribution in [1.82, 2.24) is 0 Å². The molecule has 0 aromatic heterocycles. The van der Waals surface area contributed by atoms with Crippen LogP contribution in [0, 0.1) is 0 Å². The molecular weight excluding hydrogens is 200 g/mol. The van der Waals surface area contributed by atoms with Crippen LogP contribution < -0.4 is 0 Å². The van der Waals surface area contributed by atoms with Crippen molar-refractivity contribution in [2.24, 2.45) is 0 Å². The van der Waals surface area contributed by atoms with E-state index >= 15 is 0 Å². The molecule has 1 radical (unpaired) electrons. The zero-order valence-electron chi connectivity index (χ0n) is 10.3. The van der Waals surface area contributed by atoms with E-state index < -0.39 is 0 Å². The molecule has 0 unspecified atom stereocenters. The Labute approximate surface area is 99.1 Å². The van der Waals surface area contributed by atoms with Crippen LogP contribution >= 0.6 is 0 Å². The third-order valence-electron chi connectivity index (χ3n) is 2.50. The van der Waals surface area contributed by atoms with Gasteiger partial charge in [-0.05, 0) is 25.7 Å². The van der Waals surface area contributed by atoms with E-state index in [1.165, 1.54) is 25.7 Å². The Balaban J connectivity index is 3.12. The van der Waals surface area contributed by atoms with Gasteiger partial charge >= 0.3 is 0 Å². The highest BCUT2D eigenvalue weighted by atomic mass is 16.1. The Bertz CT molecular complexity index is 207. The SMILES string of the molecule is CC/C=C/CCCCCCCC(=O)C[C]=O. The van der Waals surface area contributed by atoms with Crippen LogP contribution in [0.1, 0.15) is 64.7 Å². The molecule has 0 fully saturated rings. The molecule has 0 rings (SSSR count). The number of carbonyl (C=O) groups excluding carboxylic acids is 2. The lowest BCUT2D eigenvalue weighted by atomic mass is 10.1. The van der Waals surface area contributed by atoms with Gasteiger partial charge in [0.15, 0.2) is 0 Å². The second kappa shape index (κ2) is 12.2. The molecule has 0 aliphatic rings. The highest BCUT2D eigenvalue weighted by Crippen LogP contribution is 2.08. The van der Waals surface area contributed by atoms with Gasteiger partial charge in [0.05, 0.1) is 6.42 Å². The van der Waals surface area contributed by atoms with Crippen molar-refractivity contribution < 1.29 is 9.59 Å². The molecule has 0 aromatic rings. The Kier molecular flexibility index (Phi) is 11.5. The minimum atomic E-state index is -0.0260. The first-order valence-electron chi connectivity index (χ1n) is 6.33. The average Bonchev–Trinajstić information content (AvgIpc) is 2.27. The van der Waals surface area contributed by atoms with Gasteiger partial charge in [-0.25, -0.2) is 0 Å². The number of ketones is 1. The smallest absolute Gasteiger partial charge is 0.206 e. The Morgan fingerprint density at radius 3 is 2.44 bits per heavy atom. The van der Waals surface area contributed by atoms with Crippen molar-refractivity contribution in [2.75, 3.05) is 0 Å². The van der Waals surface area contributed by atoms with Crippen molar-refractivity contribution in [1.29, 1.82) is 0 Å². The summed E-state index contributed by atoms with van der Waals surface area (Å²) in [6.07, 6.45) is 14.6. The standard InChI is InChI=1S/C14H23O2/c1-2-3-4-5-6-7-8-9-10-11-14(16)12-13-15/h3-4H,2,5-12H2,1H3/b4-3+. The van der Waals surface area contributed by atoms with E-state index in [0.29, 0.717) is 6.42 Å². The first-order chi connectivity index (χ1) is 7.81. The molecule has 0 saturated carbocycles. The maximum absolute atomic E-state index is 11.0.